The molecule has 4 nitrogen and oxygen atoms in total. The van der Waals surface area contributed by atoms with Crippen LogP contribution in [0.4, 0.5) is 0 Å². The van der Waals surface area contributed by atoms with Crippen LogP contribution in [0.2, 0.25) is 0 Å². The van der Waals surface area contributed by atoms with E-state index in [1.807, 2.05) is 31.2 Å². The van der Waals surface area contributed by atoms with Gasteiger partial charge < -0.3 is 9.47 Å². The lowest BCUT2D eigenvalue weighted by molar-refractivity contribution is -0.140. The van der Waals surface area contributed by atoms with Crippen molar-refractivity contribution in [3.8, 4) is 5.75 Å². The quantitative estimate of drug-likeness (QED) is 0.792. The van der Waals surface area contributed by atoms with Crippen molar-refractivity contribution in [2.24, 2.45) is 0 Å². The average Bonchev–Trinajstić information content (AvgIpc) is 2.43. The Morgan fingerprint density at radius 1 is 1.26 bits per heavy atom. The van der Waals surface area contributed by atoms with Crippen molar-refractivity contribution in [2.45, 2.75) is 19.8 Å². The highest BCUT2D eigenvalue weighted by Crippen LogP contribution is 2.24. The van der Waals surface area contributed by atoms with Gasteiger partial charge in [-0.15, -0.1) is 0 Å². The number of methoxy groups -OCH3 is 2. The summed E-state index contributed by atoms with van der Waals surface area (Å²) in [4.78, 5) is 15.8. The summed E-state index contributed by atoms with van der Waals surface area (Å²) in [6.07, 6.45) is 1.01. The van der Waals surface area contributed by atoms with Crippen LogP contribution in [0.15, 0.2) is 24.3 Å². The van der Waals surface area contributed by atoms with E-state index < -0.39 is 0 Å². The minimum absolute atomic E-state index is 0.203. The van der Waals surface area contributed by atoms with E-state index >= 15 is 0 Å². The van der Waals surface area contributed by atoms with Crippen LogP contribution < -0.4 is 4.74 Å². The number of pyridine rings is 1. The van der Waals surface area contributed by atoms with Gasteiger partial charge in [-0.05, 0) is 43.2 Å². The molecule has 1 aromatic carbocycles. The summed E-state index contributed by atoms with van der Waals surface area (Å²) in [6.45, 7) is 1.95. The zero-order chi connectivity index (χ0) is 13.8. The van der Waals surface area contributed by atoms with E-state index in [1.54, 1.807) is 7.11 Å². The number of fused-ring (bicyclic) bond motifs is 1. The lowest BCUT2D eigenvalue weighted by Gasteiger charge is -2.09. The molecule has 0 bridgehead atoms. The van der Waals surface area contributed by atoms with Crippen molar-refractivity contribution in [1.82, 2.24) is 4.98 Å². The molecule has 1 aromatic heterocycles. The van der Waals surface area contributed by atoms with Crippen LogP contribution >= 0.6 is 0 Å². The predicted octanol–water partition coefficient (Wildman–Crippen LogP) is 2.66. The first-order valence-corrected chi connectivity index (χ1v) is 6.15. The monoisotopic (exact) mass is 259 g/mol. The van der Waals surface area contributed by atoms with Gasteiger partial charge in [0.25, 0.3) is 0 Å². The standard InChI is InChI=1S/C15H17NO3/c1-10-8-11(4-7-15(17)19-3)13-9-12(18-2)5-6-14(13)16-10/h5-6,8-9H,4,7H2,1-3H3. The molecule has 0 fully saturated rings. The van der Waals surface area contributed by atoms with E-state index in [-0.39, 0.29) is 5.97 Å². The van der Waals surface area contributed by atoms with Gasteiger partial charge in [-0.25, -0.2) is 0 Å². The van der Waals surface area contributed by atoms with Gasteiger partial charge in [-0.3, -0.25) is 9.78 Å². The first kappa shape index (κ1) is 13.3. The van der Waals surface area contributed by atoms with Crippen LogP contribution in [0.1, 0.15) is 17.7 Å². The number of aromatic nitrogens is 1. The summed E-state index contributed by atoms with van der Waals surface area (Å²) in [6, 6.07) is 7.78. The smallest absolute Gasteiger partial charge is 0.305 e. The van der Waals surface area contributed by atoms with Crippen LogP contribution in [-0.4, -0.2) is 25.2 Å². The van der Waals surface area contributed by atoms with Gasteiger partial charge in [0.2, 0.25) is 0 Å². The molecule has 0 saturated carbocycles. The fraction of sp³-hybridized carbons (Fsp3) is 0.333. The maximum Gasteiger partial charge on any atom is 0.305 e. The predicted molar refractivity (Wildman–Crippen MR) is 73.4 cm³/mol. The van der Waals surface area contributed by atoms with E-state index in [0.29, 0.717) is 12.8 Å². The largest absolute Gasteiger partial charge is 0.497 e. The Bertz CT molecular complexity index is 608. The molecule has 2 rings (SSSR count). The molecule has 0 atom stereocenters. The third-order valence-corrected chi connectivity index (χ3v) is 3.06. The van der Waals surface area contributed by atoms with Gasteiger partial charge in [0, 0.05) is 17.5 Å². The summed E-state index contributed by atoms with van der Waals surface area (Å²) in [5.41, 5.74) is 2.95. The van der Waals surface area contributed by atoms with Crippen molar-refractivity contribution in [1.29, 1.82) is 0 Å². The van der Waals surface area contributed by atoms with Crippen molar-refractivity contribution < 1.29 is 14.3 Å². The fourth-order valence-corrected chi connectivity index (χ4v) is 2.09. The lowest BCUT2D eigenvalue weighted by Crippen LogP contribution is -2.03. The van der Waals surface area contributed by atoms with E-state index in [1.165, 1.54) is 7.11 Å². The third kappa shape index (κ3) is 3.02. The molecule has 0 radical (unpaired) electrons. The van der Waals surface area contributed by atoms with Gasteiger partial charge in [0.15, 0.2) is 0 Å². The number of carbonyl (C=O) groups excluding carboxylic acids is 1. The van der Waals surface area contributed by atoms with Crippen molar-refractivity contribution in [3.05, 3.63) is 35.5 Å². The molecule has 1 heterocycles. The first-order chi connectivity index (χ1) is 9.13. The molecular weight excluding hydrogens is 242 g/mol. The molecule has 2 aromatic rings. The Balaban J connectivity index is 2.42. The van der Waals surface area contributed by atoms with E-state index in [4.69, 9.17) is 4.74 Å². The summed E-state index contributed by atoms with van der Waals surface area (Å²) >= 11 is 0. The van der Waals surface area contributed by atoms with Crippen molar-refractivity contribution in [3.63, 3.8) is 0 Å². The topological polar surface area (TPSA) is 48.4 Å². The number of ether oxygens (including phenoxy) is 2. The van der Waals surface area contributed by atoms with Gasteiger partial charge in [0.05, 0.1) is 19.7 Å². The zero-order valence-electron chi connectivity index (χ0n) is 11.4. The summed E-state index contributed by atoms with van der Waals surface area (Å²) < 4.78 is 9.91. The second kappa shape index (κ2) is 5.69. The van der Waals surface area contributed by atoms with Crippen LogP contribution in [-0.2, 0) is 16.0 Å². The molecule has 0 unspecified atom stereocenters. The Kier molecular flexibility index (Phi) is 4.00. The molecule has 100 valence electrons. The maximum atomic E-state index is 11.3. The van der Waals surface area contributed by atoms with Gasteiger partial charge in [-0.1, -0.05) is 0 Å². The lowest BCUT2D eigenvalue weighted by atomic mass is 10.0. The van der Waals surface area contributed by atoms with Gasteiger partial charge in [-0.2, -0.15) is 0 Å². The number of carbonyl (C=O) groups is 1. The molecule has 0 N–H and O–H groups in total. The molecule has 4 heteroatoms. The molecule has 19 heavy (non-hydrogen) atoms. The number of rotatable bonds is 4. The normalized spacial score (nSPS) is 10.5. The zero-order valence-corrected chi connectivity index (χ0v) is 11.4. The molecule has 0 saturated heterocycles. The summed E-state index contributed by atoms with van der Waals surface area (Å²) in [7, 11) is 3.04. The molecule has 0 spiro atoms. The van der Waals surface area contributed by atoms with E-state index in [0.717, 1.165) is 27.9 Å². The molecule has 0 aliphatic carbocycles. The van der Waals surface area contributed by atoms with Gasteiger partial charge >= 0.3 is 5.97 Å². The Hall–Kier alpha value is -2.10. The number of nitrogens with zero attached hydrogens (tertiary/aromatic N) is 1. The fourth-order valence-electron chi connectivity index (χ4n) is 2.09. The highest BCUT2D eigenvalue weighted by molar-refractivity contribution is 5.84. The summed E-state index contributed by atoms with van der Waals surface area (Å²) in [5.74, 6) is 0.586. The van der Waals surface area contributed by atoms with E-state index in [9.17, 15) is 4.79 Å². The second-order valence-corrected chi connectivity index (χ2v) is 4.38. The maximum absolute atomic E-state index is 11.3. The molecule has 0 aliphatic heterocycles. The highest BCUT2D eigenvalue weighted by Gasteiger charge is 2.08. The Morgan fingerprint density at radius 2 is 2.05 bits per heavy atom. The molecular formula is C15H17NO3. The van der Waals surface area contributed by atoms with Crippen LogP contribution in [0.25, 0.3) is 10.9 Å². The minimum atomic E-state index is -0.203. The van der Waals surface area contributed by atoms with Crippen LogP contribution in [0.3, 0.4) is 0 Å². The van der Waals surface area contributed by atoms with Crippen molar-refractivity contribution in [2.75, 3.05) is 14.2 Å². The SMILES string of the molecule is COC(=O)CCc1cc(C)nc2ccc(OC)cc12. The third-order valence-electron chi connectivity index (χ3n) is 3.06. The number of hydrogen-bond donors (Lipinski definition) is 0. The van der Waals surface area contributed by atoms with Crippen LogP contribution in [0, 0.1) is 6.92 Å². The average molecular weight is 259 g/mol. The van der Waals surface area contributed by atoms with Crippen molar-refractivity contribution >= 4 is 16.9 Å². The van der Waals surface area contributed by atoms with E-state index in [2.05, 4.69) is 9.72 Å². The number of benzene rings is 1. The molecule has 0 amide bonds. The van der Waals surface area contributed by atoms with Gasteiger partial charge in [0.1, 0.15) is 5.75 Å². The number of esters is 1. The first-order valence-electron chi connectivity index (χ1n) is 6.15. The molecule has 0 aliphatic rings. The van der Waals surface area contributed by atoms with Crippen LogP contribution in [0.5, 0.6) is 5.75 Å². The minimum Gasteiger partial charge on any atom is -0.497 e. The number of hydrogen-bond acceptors (Lipinski definition) is 4. The second-order valence-electron chi connectivity index (χ2n) is 4.38. The summed E-state index contributed by atoms with van der Waals surface area (Å²) in [5, 5.41) is 1.02. The highest BCUT2D eigenvalue weighted by atomic mass is 16.5. The Morgan fingerprint density at radius 3 is 2.74 bits per heavy atom. The Labute approximate surface area is 112 Å². The number of aryl methyl sites for hydroxylation is 2.